The van der Waals surface area contributed by atoms with Gasteiger partial charge in [0.15, 0.2) is 23.1 Å². The number of ketones is 4. The molecule has 0 atom stereocenters. The molecular weight excluding hydrogens is 1910 g/mol. The number of aryl methyl sites for hydroxylation is 3. The Balaban J connectivity index is 0.000000132. The van der Waals surface area contributed by atoms with Crippen LogP contribution in [0.3, 0.4) is 0 Å². The minimum atomic E-state index is -4.40. The lowest BCUT2D eigenvalue weighted by Crippen LogP contribution is -2.30. The second-order valence-corrected chi connectivity index (χ2v) is 37.0. The third-order valence-corrected chi connectivity index (χ3v) is 25.8. The molecule has 11 heterocycles. The fourth-order valence-electron chi connectivity index (χ4n) is 18.5. The number of pyridine rings is 7. The average Bonchev–Trinajstić information content (AvgIpc) is 1.59. The van der Waals surface area contributed by atoms with Crippen LogP contribution in [0.5, 0.6) is 0 Å². The molecule has 0 spiro atoms. The number of nitrogens with one attached hydrogen (secondary N) is 3. The molecule has 0 radical (unpaired) electrons. The maximum atomic E-state index is 15.0. The molecule has 32 heteroatoms. The van der Waals surface area contributed by atoms with Crippen LogP contribution in [0.15, 0.2) is 268 Å². The van der Waals surface area contributed by atoms with Gasteiger partial charge in [0.05, 0.1) is 88.9 Å². The summed E-state index contributed by atoms with van der Waals surface area (Å²) in [7, 11) is 1.26. The molecule has 23 nitrogen and oxygen atoms in total. The van der Waals surface area contributed by atoms with Gasteiger partial charge in [0.1, 0.15) is 50.8 Å². The lowest BCUT2D eigenvalue weighted by molar-refractivity contribution is -0.155. The minimum absolute atomic E-state index is 0.0494. The summed E-state index contributed by atoms with van der Waals surface area (Å²) in [4.78, 5) is 151. The van der Waals surface area contributed by atoms with Crippen LogP contribution >= 0.6 is 34.8 Å². The van der Waals surface area contributed by atoms with E-state index in [1.54, 1.807) is 145 Å². The molecular formula is C112H88Cl3F6N11O12. The topological polar surface area (TPSA) is 300 Å². The molecule has 1 aliphatic rings. The molecule has 8 aromatic carbocycles. The first kappa shape index (κ1) is 99.3. The fourth-order valence-corrected chi connectivity index (χ4v) is 19.1. The zero-order valence-corrected chi connectivity index (χ0v) is 81.3. The van der Waals surface area contributed by atoms with Crippen LogP contribution in [-0.2, 0) is 58.2 Å². The molecule has 0 aliphatic heterocycles. The first-order valence-electron chi connectivity index (χ1n) is 45.4. The van der Waals surface area contributed by atoms with Gasteiger partial charge in [-0.2, -0.15) is 13.2 Å². The Morgan fingerprint density at radius 2 is 0.868 bits per heavy atom. The number of allylic oxidation sites excluding steroid dienone is 4. The van der Waals surface area contributed by atoms with Crippen molar-refractivity contribution in [3.8, 4) is 33.4 Å². The number of para-hydroxylation sites is 4. The van der Waals surface area contributed by atoms with Gasteiger partial charge in [-0.15, -0.1) is 0 Å². The summed E-state index contributed by atoms with van der Waals surface area (Å²) in [5, 5.41) is 6.31. The van der Waals surface area contributed by atoms with Crippen molar-refractivity contribution in [1.29, 1.82) is 0 Å². The van der Waals surface area contributed by atoms with Gasteiger partial charge in [0, 0.05) is 168 Å². The Bertz CT molecular complexity index is 8920. The first-order valence-corrected chi connectivity index (χ1v) is 46.5. The molecule has 19 aromatic rings. The van der Waals surface area contributed by atoms with E-state index in [0.29, 0.717) is 121 Å². The second-order valence-electron chi connectivity index (χ2n) is 35.9. The van der Waals surface area contributed by atoms with E-state index in [-0.39, 0.29) is 134 Å². The molecule has 0 fully saturated rings. The highest BCUT2D eigenvalue weighted by atomic mass is 35.5. The summed E-state index contributed by atoms with van der Waals surface area (Å²) in [6.07, 6.45) is 4.19. The van der Waals surface area contributed by atoms with Crippen molar-refractivity contribution in [2.75, 3.05) is 7.11 Å². The van der Waals surface area contributed by atoms with Crippen LogP contribution in [0.1, 0.15) is 140 Å². The Kier molecular flexibility index (Phi) is 27.9. The highest BCUT2D eigenvalue weighted by molar-refractivity contribution is 6.32. The number of benzene rings is 8. The Morgan fingerprint density at radius 1 is 0.451 bits per heavy atom. The fraction of sp³-hybridized carbons (Fsp3) is 0.170. The summed E-state index contributed by atoms with van der Waals surface area (Å²) < 4.78 is 102. The number of nitrogens with zero attached hydrogens (tertiary/aromatic N) is 8. The SMILES string of the molecule is CC(=O)c1c(-c2ccc[nH]c2=O)c2cc(C)c(F)cc2n1Cc1cc(=O)[nH]c2ccccc12.CC(=O)c1c(-c2cccn(CC(=O)OC(C)(C)C)c2=O)c2cc(C)c(F)cc2n1Cc1cc2ccccc2nc1Cl.CC(=O)c1c(C2=CC=CCC2=O)c2cc(CC(F)(F)F)ccc2n1Cc1cc2ccccc2nc1Cl.COC(=O)c1c(-c2ccc[nH]c2=O)c2cc(C)c(F)cc2n1Cc1cc2ccccc2nc1Cl. The molecule has 0 saturated carbocycles. The van der Waals surface area contributed by atoms with Gasteiger partial charge >= 0.3 is 18.1 Å². The second kappa shape index (κ2) is 40.4. The van der Waals surface area contributed by atoms with E-state index in [1.807, 2.05) is 109 Å². The zero-order chi connectivity index (χ0) is 103. The molecule has 0 bridgehead atoms. The Hall–Kier alpha value is -16.2. The number of esters is 2. The Labute approximate surface area is 831 Å². The number of alkyl halides is 3. The van der Waals surface area contributed by atoms with Gasteiger partial charge in [-0.3, -0.25) is 43.2 Å². The van der Waals surface area contributed by atoms with E-state index in [9.17, 15) is 74.3 Å². The van der Waals surface area contributed by atoms with Gasteiger partial charge in [-0.1, -0.05) is 132 Å². The van der Waals surface area contributed by atoms with E-state index in [2.05, 4.69) is 29.9 Å². The van der Waals surface area contributed by atoms with E-state index in [1.165, 1.54) is 87.4 Å². The number of carbonyl (C=O) groups is 6. The summed E-state index contributed by atoms with van der Waals surface area (Å²) >= 11 is 19.6. The van der Waals surface area contributed by atoms with Crippen molar-refractivity contribution < 1.29 is 64.6 Å². The van der Waals surface area contributed by atoms with Crippen LogP contribution in [0.4, 0.5) is 26.3 Å². The van der Waals surface area contributed by atoms with Gasteiger partial charge in [0.2, 0.25) is 5.56 Å². The monoisotopic (exact) mass is 2000 g/mol. The predicted octanol–water partition coefficient (Wildman–Crippen LogP) is 23.8. The molecule has 0 unspecified atom stereocenters. The molecule has 726 valence electrons. The van der Waals surface area contributed by atoms with Crippen molar-refractivity contribution in [2.24, 2.45) is 0 Å². The number of hydrogen-bond acceptors (Lipinski definition) is 15. The number of aromatic nitrogens is 11. The third kappa shape index (κ3) is 20.1. The largest absolute Gasteiger partial charge is 0.464 e. The number of Topliss-reactive ketones (excluding diaryl/α,β-unsaturated/α-hetero) is 4. The summed E-state index contributed by atoms with van der Waals surface area (Å²) in [5.41, 5.74) is 9.89. The lowest BCUT2D eigenvalue weighted by atomic mass is 9.92. The van der Waals surface area contributed by atoms with Gasteiger partial charge in [-0.05, 0) is 197 Å². The zero-order valence-electron chi connectivity index (χ0n) is 79.0. The number of hydrogen-bond donors (Lipinski definition) is 3. The highest BCUT2D eigenvalue weighted by Crippen LogP contribution is 2.44. The number of rotatable bonds is 19. The summed E-state index contributed by atoms with van der Waals surface area (Å²) in [5.74, 6) is -3.62. The van der Waals surface area contributed by atoms with E-state index >= 15 is 0 Å². The maximum absolute atomic E-state index is 15.0. The number of methoxy groups -OCH3 is 1. The van der Waals surface area contributed by atoms with Crippen LogP contribution < -0.4 is 22.2 Å². The van der Waals surface area contributed by atoms with Crippen molar-refractivity contribution in [1.82, 2.24) is 52.7 Å². The maximum Gasteiger partial charge on any atom is 0.393 e. The van der Waals surface area contributed by atoms with Crippen molar-refractivity contribution in [2.45, 2.75) is 120 Å². The van der Waals surface area contributed by atoms with E-state index in [4.69, 9.17) is 44.3 Å². The normalized spacial score (nSPS) is 12.1. The molecule has 0 saturated heterocycles. The summed E-state index contributed by atoms with van der Waals surface area (Å²) in [6, 6.07) is 60.3. The number of aromatic amines is 3. The molecule has 0 amide bonds. The summed E-state index contributed by atoms with van der Waals surface area (Å²) in [6.45, 7) is 14.6. The van der Waals surface area contributed by atoms with Crippen LogP contribution in [-0.4, -0.2) is 107 Å². The number of H-pyrrole nitrogens is 3. The lowest BCUT2D eigenvalue weighted by Gasteiger charge is -2.20. The van der Waals surface area contributed by atoms with Crippen molar-refractivity contribution in [3.63, 3.8) is 0 Å². The van der Waals surface area contributed by atoms with Crippen LogP contribution in [0, 0.1) is 38.2 Å². The van der Waals surface area contributed by atoms with Gasteiger partial charge in [0.25, 0.3) is 16.7 Å². The molecule has 1 aliphatic carbocycles. The molecule has 20 rings (SSSR count). The van der Waals surface area contributed by atoms with Gasteiger partial charge in [-0.25, -0.2) is 32.9 Å². The Morgan fingerprint density at radius 3 is 1.32 bits per heavy atom. The van der Waals surface area contributed by atoms with E-state index in [0.717, 1.165) is 38.1 Å². The minimum Gasteiger partial charge on any atom is -0.464 e. The first-order chi connectivity index (χ1) is 68.7. The number of halogens is 9. The quantitative estimate of drug-likeness (QED) is 0.0293. The number of carbonyl (C=O) groups excluding carboxylic acids is 6. The standard InChI is InChI=1S/C32H29ClFN3O4.C28H20ClF3N2O2.C26H19ClFN3O3.C26H20FN3O3/c1-18-13-23-26(15-24(18)34)37(16-21-14-20-9-6-7-11-25(20)35-30(21)33)29(19(2)38)28(23)22-10-8-12-36(31(22)40)17-27(39)41-32(3,4)5;1-16(35)26-25(20-7-3-5-9-24(20)36)21-12-17(14-28(30,31)32)10-11-23(21)34(26)15-19-13-18-6-2-4-8-22(18)33-27(19)29;1-14-10-18-21(12-19(14)28)31(13-16-11-15-6-3-4-8-20(15)30-24(16)27)23(26(33)34-2)22(18)17-7-5-9-29-25(17)32;1-14-10-19-22(12-20(14)27)30(13-16-11-23(32)29-21-8-4-3-6-17(16)21)25(15(2)31)24(19)18-7-5-9-28-26(18)33/h6-15H,16-17H2,1-5H3;2-8,10-13H,9,14-15H2,1H3;3-12H,13H2,1-2H3,(H,29,32);3-12H,13H2,1-2H3,(H,28,33)(H,29,32). The average molecular weight is 2000 g/mol. The predicted molar refractivity (Wildman–Crippen MR) is 549 cm³/mol. The van der Waals surface area contributed by atoms with Crippen LogP contribution in [0.2, 0.25) is 15.5 Å². The number of ether oxygens (including phenoxy) is 2. The van der Waals surface area contributed by atoms with Crippen LogP contribution in [0.25, 0.3) is 126 Å². The molecule has 3 N–H and O–H groups in total. The smallest absolute Gasteiger partial charge is 0.393 e. The number of fused-ring (bicyclic) bond motifs is 8. The third-order valence-electron chi connectivity index (χ3n) is 24.8. The highest BCUT2D eigenvalue weighted by Gasteiger charge is 2.35. The van der Waals surface area contributed by atoms with Gasteiger partial charge < -0.3 is 47.3 Å². The van der Waals surface area contributed by atoms with Crippen molar-refractivity contribution in [3.05, 3.63) is 396 Å². The van der Waals surface area contributed by atoms with Crippen molar-refractivity contribution >= 4 is 163 Å². The molecule has 144 heavy (non-hydrogen) atoms. The molecule has 11 aromatic heterocycles. The van der Waals surface area contributed by atoms with E-state index < -0.39 is 53.1 Å².